The zero-order valence-electron chi connectivity index (χ0n) is 12.0. The molecule has 0 aromatic carbocycles. The zero-order chi connectivity index (χ0) is 17.7. The summed E-state index contributed by atoms with van der Waals surface area (Å²) in [5.41, 5.74) is -0.518. The lowest BCUT2D eigenvalue weighted by Gasteiger charge is -2.37. The van der Waals surface area contributed by atoms with Crippen LogP contribution in [0.2, 0.25) is 0 Å². The summed E-state index contributed by atoms with van der Waals surface area (Å²) in [4.78, 5) is 45.7. The summed E-state index contributed by atoms with van der Waals surface area (Å²) in [7, 11) is -4.33. The Morgan fingerprint density at radius 1 is 1.35 bits per heavy atom. The van der Waals surface area contributed by atoms with Crippen LogP contribution in [0.5, 0.6) is 0 Å². The molecule has 0 aliphatic carbocycles. The molecule has 0 radical (unpaired) electrons. The van der Waals surface area contributed by atoms with Crippen LogP contribution >= 0.6 is 0 Å². The van der Waals surface area contributed by atoms with E-state index in [0.29, 0.717) is 11.0 Å². The average Bonchev–Trinajstić information content (AvgIpc) is 2.57. The first-order valence-corrected chi connectivity index (χ1v) is 7.86. The first-order valence-electron chi connectivity index (χ1n) is 6.32. The maximum atomic E-state index is 12.7. The Bertz CT molecular complexity index is 752. The lowest BCUT2D eigenvalue weighted by atomic mass is 9.94. The number of hydrogen-bond donors (Lipinski definition) is 2. The summed E-state index contributed by atoms with van der Waals surface area (Å²) in [5.74, 6) is -4.91. The van der Waals surface area contributed by atoms with E-state index in [-0.39, 0.29) is 0 Å². The standard InChI is InChI=1S/C12H13NO9S/c1-5(14)22-4-12(2)8(11(18)19)13-9(17)6(3-7(15)16)10(13)23(12,20)21/h3,8,10H,4H2,1-2H3,(H,15,16)(H,18,19)/b6-3+/t8-,10+,12-/m0/s1. The molecule has 0 saturated carbocycles. The molecule has 1 amide bonds. The van der Waals surface area contributed by atoms with Gasteiger partial charge in [-0.15, -0.1) is 0 Å². The Kier molecular flexibility index (Phi) is 3.71. The van der Waals surface area contributed by atoms with E-state index in [4.69, 9.17) is 5.11 Å². The molecule has 0 aromatic rings. The van der Waals surface area contributed by atoms with Crippen molar-refractivity contribution in [3.05, 3.63) is 11.6 Å². The fourth-order valence-corrected chi connectivity index (χ4v) is 5.05. The van der Waals surface area contributed by atoms with Gasteiger partial charge in [0.1, 0.15) is 11.4 Å². The molecule has 0 aromatic heterocycles. The van der Waals surface area contributed by atoms with E-state index in [1.807, 2.05) is 0 Å². The average molecular weight is 347 g/mol. The zero-order valence-corrected chi connectivity index (χ0v) is 12.9. The van der Waals surface area contributed by atoms with Gasteiger partial charge in [0.25, 0.3) is 5.91 Å². The SMILES string of the molecule is CC(=O)OC[C@@]1(C)[C@H](C(=O)O)N2C(=O)/C(=C\C(=O)O)[C@H]2S1(=O)=O. The topological polar surface area (TPSA) is 155 Å². The van der Waals surface area contributed by atoms with Crippen molar-refractivity contribution in [1.82, 2.24) is 4.90 Å². The molecule has 0 unspecified atom stereocenters. The number of β-lactam (4-membered cyclic amide) rings is 1. The minimum Gasteiger partial charge on any atom is -0.480 e. The first kappa shape index (κ1) is 16.9. The molecule has 126 valence electrons. The summed E-state index contributed by atoms with van der Waals surface area (Å²) in [6, 6.07) is -1.78. The second-order valence-corrected chi connectivity index (χ2v) is 7.85. The fourth-order valence-electron chi connectivity index (χ4n) is 2.77. The van der Waals surface area contributed by atoms with Crippen molar-refractivity contribution in [1.29, 1.82) is 0 Å². The van der Waals surface area contributed by atoms with Gasteiger partial charge in [-0.2, -0.15) is 0 Å². The monoisotopic (exact) mass is 347 g/mol. The van der Waals surface area contributed by atoms with Gasteiger partial charge >= 0.3 is 17.9 Å². The number of nitrogens with zero attached hydrogens (tertiary/aromatic N) is 1. The minimum absolute atomic E-state index is 0.442. The predicted molar refractivity (Wildman–Crippen MR) is 71.7 cm³/mol. The highest BCUT2D eigenvalue weighted by atomic mass is 32.2. The van der Waals surface area contributed by atoms with E-state index in [1.54, 1.807) is 0 Å². The molecule has 0 spiro atoms. The molecule has 3 atom stereocenters. The number of carbonyl (C=O) groups excluding carboxylic acids is 2. The lowest BCUT2D eigenvalue weighted by molar-refractivity contribution is -0.155. The second-order valence-electron chi connectivity index (χ2n) is 5.38. The summed E-state index contributed by atoms with van der Waals surface area (Å²) < 4.78 is 27.9. The number of sulfone groups is 1. The molecular formula is C12H13NO9S. The van der Waals surface area contributed by atoms with Crippen LogP contribution in [0.4, 0.5) is 0 Å². The van der Waals surface area contributed by atoms with Gasteiger partial charge < -0.3 is 19.8 Å². The van der Waals surface area contributed by atoms with E-state index in [1.165, 1.54) is 0 Å². The molecule has 23 heavy (non-hydrogen) atoms. The Morgan fingerprint density at radius 2 is 1.91 bits per heavy atom. The number of ether oxygens (including phenoxy) is 1. The largest absolute Gasteiger partial charge is 0.480 e. The molecule has 2 aliphatic rings. The highest BCUT2D eigenvalue weighted by Gasteiger charge is 2.72. The normalized spacial score (nSPS) is 33.0. The number of carboxylic acid groups (broad SMARTS) is 2. The number of rotatable bonds is 4. The van der Waals surface area contributed by atoms with Crippen molar-refractivity contribution in [2.75, 3.05) is 6.61 Å². The van der Waals surface area contributed by atoms with Crippen molar-refractivity contribution >= 4 is 33.7 Å². The van der Waals surface area contributed by atoms with Crippen molar-refractivity contribution in [2.24, 2.45) is 0 Å². The molecule has 0 bridgehead atoms. The van der Waals surface area contributed by atoms with E-state index in [2.05, 4.69) is 4.74 Å². The van der Waals surface area contributed by atoms with E-state index in [9.17, 15) is 32.7 Å². The van der Waals surface area contributed by atoms with Gasteiger partial charge in [0.15, 0.2) is 21.3 Å². The van der Waals surface area contributed by atoms with Crippen LogP contribution < -0.4 is 0 Å². The molecule has 10 nitrogen and oxygen atoms in total. The predicted octanol–water partition coefficient (Wildman–Crippen LogP) is -1.63. The summed E-state index contributed by atoms with van der Waals surface area (Å²) in [6.45, 7) is 1.31. The Hall–Kier alpha value is -2.43. The number of esters is 1. The van der Waals surface area contributed by atoms with Crippen LogP contribution in [0.1, 0.15) is 13.8 Å². The molecular weight excluding hydrogens is 334 g/mol. The lowest BCUT2D eigenvalue weighted by Crippen LogP contribution is -2.59. The number of carboxylic acids is 2. The maximum Gasteiger partial charge on any atom is 0.328 e. The summed E-state index contributed by atoms with van der Waals surface area (Å²) >= 11 is 0. The molecule has 2 N–H and O–H groups in total. The third-order valence-electron chi connectivity index (χ3n) is 3.88. The molecule has 2 heterocycles. The molecule has 2 rings (SSSR count). The Morgan fingerprint density at radius 3 is 2.35 bits per heavy atom. The Labute approximate surface area is 130 Å². The summed E-state index contributed by atoms with van der Waals surface area (Å²) in [6.07, 6.45) is 0.442. The van der Waals surface area contributed by atoms with Crippen LogP contribution in [0.3, 0.4) is 0 Å². The van der Waals surface area contributed by atoms with Crippen molar-refractivity contribution in [2.45, 2.75) is 30.0 Å². The van der Waals surface area contributed by atoms with Crippen LogP contribution in [-0.4, -0.2) is 70.1 Å². The van der Waals surface area contributed by atoms with Gasteiger partial charge in [-0.3, -0.25) is 9.59 Å². The van der Waals surface area contributed by atoms with Gasteiger partial charge in [-0.1, -0.05) is 0 Å². The van der Waals surface area contributed by atoms with E-state index in [0.717, 1.165) is 13.8 Å². The molecule has 2 aliphatic heterocycles. The van der Waals surface area contributed by atoms with Gasteiger partial charge in [0.05, 0.1) is 5.57 Å². The van der Waals surface area contributed by atoms with Gasteiger partial charge in [0.2, 0.25) is 0 Å². The van der Waals surface area contributed by atoms with Gasteiger partial charge in [0, 0.05) is 13.0 Å². The number of carbonyl (C=O) groups is 4. The van der Waals surface area contributed by atoms with Crippen molar-refractivity contribution in [3.8, 4) is 0 Å². The first-order chi connectivity index (χ1) is 10.4. The Balaban J connectivity index is 2.57. The third-order valence-corrected chi connectivity index (χ3v) is 6.59. The quantitative estimate of drug-likeness (QED) is 0.346. The minimum atomic E-state index is -4.33. The van der Waals surface area contributed by atoms with Gasteiger partial charge in [-0.05, 0) is 6.92 Å². The highest BCUT2D eigenvalue weighted by Crippen LogP contribution is 2.48. The maximum absolute atomic E-state index is 12.7. The third kappa shape index (κ3) is 2.19. The fraction of sp³-hybridized carbons (Fsp3) is 0.500. The second kappa shape index (κ2) is 5.05. The van der Waals surface area contributed by atoms with Crippen molar-refractivity contribution < 1.29 is 42.5 Å². The van der Waals surface area contributed by atoms with Crippen LogP contribution in [0, 0.1) is 0 Å². The number of amides is 1. The van der Waals surface area contributed by atoms with Gasteiger partial charge in [-0.25, -0.2) is 18.0 Å². The number of fused-ring (bicyclic) bond motifs is 1. The van der Waals surface area contributed by atoms with Crippen LogP contribution in [0.15, 0.2) is 11.6 Å². The molecule has 2 saturated heterocycles. The highest BCUT2D eigenvalue weighted by molar-refractivity contribution is 7.94. The van der Waals surface area contributed by atoms with Crippen molar-refractivity contribution in [3.63, 3.8) is 0 Å². The molecule has 11 heteroatoms. The summed E-state index contributed by atoms with van der Waals surface area (Å²) in [5, 5.41) is 16.4. The number of hydrogen-bond acceptors (Lipinski definition) is 7. The van der Waals surface area contributed by atoms with Crippen LogP contribution in [0.25, 0.3) is 0 Å². The smallest absolute Gasteiger partial charge is 0.328 e. The number of aliphatic carboxylic acids is 2. The van der Waals surface area contributed by atoms with Crippen LogP contribution in [-0.2, 0) is 33.8 Å². The van der Waals surface area contributed by atoms with E-state index < -0.39 is 62.0 Å². The molecule has 2 fully saturated rings. The van der Waals surface area contributed by atoms with E-state index >= 15 is 0 Å².